The van der Waals surface area contributed by atoms with Crippen molar-refractivity contribution in [3.8, 4) is 0 Å². The van der Waals surface area contributed by atoms with E-state index in [4.69, 9.17) is 0 Å². The van der Waals surface area contributed by atoms with E-state index < -0.39 is 0 Å². The fourth-order valence-corrected chi connectivity index (χ4v) is 2.56. The number of aryl methyl sites for hydroxylation is 4. The highest BCUT2D eigenvalue weighted by atomic mass is 16.1. The maximum Gasteiger partial charge on any atom is 0.211 e. The van der Waals surface area contributed by atoms with Crippen LogP contribution in [0.5, 0.6) is 0 Å². The molecule has 0 bridgehead atoms. The van der Waals surface area contributed by atoms with E-state index in [1.165, 1.54) is 11.1 Å². The van der Waals surface area contributed by atoms with Crippen molar-refractivity contribution in [1.29, 1.82) is 0 Å². The summed E-state index contributed by atoms with van der Waals surface area (Å²) in [6.07, 6.45) is 4.88. The molecule has 0 aliphatic heterocycles. The predicted molar refractivity (Wildman–Crippen MR) is 106 cm³/mol. The summed E-state index contributed by atoms with van der Waals surface area (Å²) >= 11 is 0. The van der Waals surface area contributed by atoms with Gasteiger partial charge in [0.2, 0.25) is 12.8 Å². The molecule has 0 aliphatic rings. The van der Waals surface area contributed by atoms with Gasteiger partial charge < -0.3 is 10.6 Å². The standard InChI is InChI=1S/C22H24N2O2/c1-15-5-7-19(9-17(15)3)11-21(23-13-25)22(24-14-26)12-20-8-6-16(2)18(4)10-20/h5-14H,1-4H3,(H,23,25)(H,24,26). The van der Waals surface area contributed by atoms with Gasteiger partial charge in [-0.3, -0.25) is 9.59 Å². The Kier molecular flexibility index (Phi) is 6.50. The molecule has 0 saturated carbocycles. The van der Waals surface area contributed by atoms with Gasteiger partial charge in [-0.2, -0.15) is 0 Å². The molecule has 0 aliphatic carbocycles. The zero-order chi connectivity index (χ0) is 19.1. The summed E-state index contributed by atoms with van der Waals surface area (Å²) in [6.45, 7) is 8.17. The average Bonchev–Trinajstić information content (AvgIpc) is 2.60. The van der Waals surface area contributed by atoms with Crippen LogP contribution in [0.3, 0.4) is 0 Å². The molecule has 0 heterocycles. The topological polar surface area (TPSA) is 58.2 Å². The SMILES string of the molecule is Cc1ccc(C=C(NC=O)C(=Cc2ccc(C)c(C)c2)NC=O)cc1C. The number of rotatable bonds is 7. The van der Waals surface area contributed by atoms with Crippen molar-refractivity contribution >= 4 is 25.0 Å². The molecule has 2 aromatic rings. The van der Waals surface area contributed by atoms with E-state index in [2.05, 4.69) is 10.6 Å². The molecule has 0 aromatic heterocycles. The van der Waals surface area contributed by atoms with Crippen LogP contribution >= 0.6 is 0 Å². The molecule has 2 aromatic carbocycles. The second-order valence-corrected chi connectivity index (χ2v) is 6.33. The van der Waals surface area contributed by atoms with Crippen LogP contribution in [-0.2, 0) is 9.59 Å². The third kappa shape index (κ3) is 4.93. The van der Waals surface area contributed by atoms with E-state index in [1.54, 1.807) is 0 Å². The minimum absolute atomic E-state index is 0.522. The van der Waals surface area contributed by atoms with Gasteiger partial charge in [0, 0.05) is 0 Å². The molecule has 2 amide bonds. The minimum atomic E-state index is 0.522. The van der Waals surface area contributed by atoms with Gasteiger partial charge in [-0.15, -0.1) is 0 Å². The molecule has 0 atom stereocenters. The summed E-state index contributed by atoms with van der Waals surface area (Å²) in [5.74, 6) is 0. The lowest BCUT2D eigenvalue weighted by molar-refractivity contribution is -0.110. The van der Waals surface area contributed by atoms with Gasteiger partial charge in [-0.25, -0.2) is 0 Å². The van der Waals surface area contributed by atoms with Gasteiger partial charge >= 0.3 is 0 Å². The van der Waals surface area contributed by atoms with Gasteiger partial charge in [0.1, 0.15) is 0 Å². The van der Waals surface area contributed by atoms with Crippen LogP contribution in [0.4, 0.5) is 0 Å². The maximum absolute atomic E-state index is 11.1. The molecule has 0 unspecified atom stereocenters. The predicted octanol–water partition coefficient (Wildman–Crippen LogP) is 3.79. The Hall–Kier alpha value is -3.14. The molecule has 0 radical (unpaired) electrons. The van der Waals surface area contributed by atoms with Gasteiger partial charge in [0.25, 0.3) is 0 Å². The highest BCUT2D eigenvalue weighted by Gasteiger charge is 2.06. The fraction of sp³-hybridized carbons (Fsp3) is 0.182. The number of amides is 2. The first-order chi connectivity index (χ1) is 12.4. The number of nitrogens with one attached hydrogen (secondary N) is 2. The molecule has 4 heteroatoms. The lowest BCUT2D eigenvalue weighted by Crippen LogP contribution is -2.21. The lowest BCUT2D eigenvalue weighted by Gasteiger charge is -2.12. The largest absolute Gasteiger partial charge is 0.327 e. The van der Waals surface area contributed by atoms with Gasteiger partial charge in [-0.05, 0) is 73.2 Å². The third-order valence-electron chi connectivity index (χ3n) is 4.40. The van der Waals surface area contributed by atoms with Crippen molar-refractivity contribution in [2.75, 3.05) is 0 Å². The molecule has 0 spiro atoms. The zero-order valence-electron chi connectivity index (χ0n) is 15.6. The van der Waals surface area contributed by atoms with Crippen LogP contribution in [0.25, 0.3) is 12.2 Å². The second kappa shape index (κ2) is 8.81. The molecule has 26 heavy (non-hydrogen) atoms. The van der Waals surface area contributed by atoms with Crippen LogP contribution < -0.4 is 10.6 Å². The summed E-state index contributed by atoms with van der Waals surface area (Å²) in [5.41, 5.74) is 7.64. The summed E-state index contributed by atoms with van der Waals surface area (Å²) in [4.78, 5) is 22.2. The van der Waals surface area contributed by atoms with E-state index in [9.17, 15) is 9.59 Å². The van der Waals surface area contributed by atoms with E-state index in [-0.39, 0.29) is 0 Å². The molecule has 2 rings (SSSR count). The van der Waals surface area contributed by atoms with Crippen LogP contribution in [0.15, 0.2) is 47.8 Å². The summed E-state index contributed by atoms with van der Waals surface area (Å²) in [7, 11) is 0. The van der Waals surface area contributed by atoms with E-state index >= 15 is 0 Å². The Morgan fingerprint density at radius 1 is 0.654 bits per heavy atom. The molecule has 0 fully saturated rings. The van der Waals surface area contributed by atoms with E-state index in [0.717, 1.165) is 22.3 Å². The van der Waals surface area contributed by atoms with Crippen LogP contribution in [-0.4, -0.2) is 12.8 Å². The second-order valence-electron chi connectivity index (χ2n) is 6.33. The molecule has 134 valence electrons. The summed E-state index contributed by atoms with van der Waals surface area (Å²) in [6, 6.07) is 12.1. The lowest BCUT2D eigenvalue weighted by atomic mass is 10.0. The average molecular weight is 348 g/mol. The van der Waals surface area contributed by atoms with E-state index in [1.807, 2.05) is 76.2 Å². The van der Waals surface area contributed by atoms with Gasteiger partial charge in [-0.1, -0.05) is 36.4 Å². The number of hydrogen-bond acceptors (Lipinski definition) is 2. The van der Waals surface area contributed by atoms with Gasteiger partial charge in [0.15, 0.2) is 0 Å². The number of carbonyl (C=O) groups excluding carboxylic acids is 2. The Bertz CT molecular complexity index is 806. The Labute approximate surface area is 154 Å². The minimum Gasteiger partial charge on any atom is -0.327 e. The first kappa shape index (κ1) is 19.2. The zero-order valence-corrected chi connectivity index (χ0v) is 15.6. The van der Waals surface area contributed by atoms with Crippen molar-refractivity contribution in [1.82, 2.24) is 10.6 Å². The summed E-state index contributed by atoms with van der Waals surface area (Å²) in [5, 5.41) is 5.37. The van der Waals surface area contributed by atoms with Crippen molar-refractivity contribution in [3.05, 3.63) is 81.2 Å². The maximum atomic E-state index is 11.1. The molecule has 0 saturated heterocycles. The van der Waals surface area contributed by atoms with Crippen LogP contribution in [0.1, 0.15) is 33.4 Å². The monoisotopic (exact) mass is 348 g/mol. The van der Waals surface area contributed by atoms with Gasteiger partial charge in [0.05, 0.1) is 11.4 Å². The molecular weight excluding hydrogens is 324 g/mol. The van der Waals surface area contributed by atoms with Crippen molar-refractivity contribution < 1.29 is 9.59 Å². The van der Waals surface area contributed by atoms with Crippen molar-refractivity contribution in [3.63, 3.8) is 0 Å². The quantitative estimate of drug-likeness (QED) is 0.591. The smallest absolute Gasteiger partial charge is 0.211 e. The first-order valence-corrected chi connectivity index (χ1v) is 8.43. The molecular formula is C22H24N2O2. The normalized spacial score (nSPS) is 11.8. The van der Waals surface area contributed by atoms with Crippen molar-refractivity contribution in [2.45, 2.75) is 27.7 Å². The highest BCUT2D eigenvalue weighted by Crippen LogP contribution is 2.18. The molecule has 4 nitrogen and oxygen atoms in total. The highest BCUT2D eigenvalue weighted by molar-refractivity contribution is 5.72. The Balaban J connectivity index is 2.50. The first-order valence-electron chi connectivity index (χ1n) is 8.43. The van der Waals surface area contributed by atoms with Crippen LogP contribution in [0.2, 0.25) is 0 Å². The van der Waals surface area contributed by atoms with E-state index in [0.29, 0.717) is 24.2 Å². The number of hydrogen-bond donors (Lipinski definition) is 2. The number of benzene rings is 2. The fourth-order valence-electron chi connectivity index (χ4n) is 2.56. The van der Waals surface area contributed by atoms with Crippen LogP contribution in [0, 0.1) is 27.7 Å². The Morgan fingerprint density at radius 2 is 1.04 bits per heavy atom. The Morgan fingerprint density at radius 3 is 1.35 bits per heavy atom. The number of carbonyl (C=O) groups is 2. The summed E-state index contributed by atoms with van der Waals surface area (Å²) < 4.78 is 0. The third-order valence-corrected chi connectivity index (χ3v) is 4.40. The van der Waals surface area contributed by atoms with Crippen molar-refractivity contribution in [2.24, 2.45) is 0 Å². The molecule has 2 N–H and O–H groups in total.